The molecule has 0 atom stereocenters. The van der Waals surface area contributed by atoms with Gasteiger partial charge in [0.1, 0.15) is 5.82 Å². The molecule has 24 heavy (non-hydrogen) atoms. The summed E-state index contributed by atoms with van der Waals surface area (Å²) >= 11 is 0. The number of aromatic nitrogens is 2. The van der Waals surface area contributed by atoms with Crippen LogP contribution in [0, 0.1) is 13.8 Å². The van der Waals surface area contributed by atoms with Crippen molar-refractivity contribution in [3.05, 3.63) is 58.0 Å². The minimum absolute atomic E-state index is 0.0340. The molecule has 0 aromatic carbocycles. The minimum atomic E-state index is -0.0340. The Morgan fingerprint density at radius 3 is 2.46 bits per heavy atom. The van der Waals surface area contributed by atoms with Crippen LogP contribution in [0.3, 0.4) is 0 Å². The Labute approximate surface area is 145 Å². The highest BCUT2D eigenvalue weighted by Crippen LogP contribution is 2.13. The van der Waals surface area contributed by atoms with Gasteiger partial charge in [-0.15, -0.1) is 0 Å². The van der Waals surface area contributed by atoms with Gasteiger partial charge in [0, 0.05) is 17.7 Å². The van der Waals surface area contributed by atoms with Crippen molar-refractivity contribution < 1.29 is 4.74 Å². The van der Waals surface area contributed by atoms with Crippen molar-refractivity contribution in [2.24, 2.45) is 0 Å². The van der Waals surface area contributed by atoms with Crippen LogP contribution in [0.1, 0.15) is 57.6 Å². The summed E-state index contributed by atoms with van der Waals surface area (Å²) in [5.74, 6) is 1.55. The quantitative estimate of drug-likeness (QED) is 0.518. The van der Waals surface area contributed by atoms with E-state index in [1.54, 1.807) is 10.6 Å². The molecular weight excluding hydrogens is 300 g/mol. The lowest BCUT2D eigenvalue weighted by Crippen LogP contribution is -2.26. The lowest BCUT2D eigenvalue weighted by Gasteiger charge is -2.14. The average Bonchev–Trinajstić information content (AvgIpc) is 2.53. The Morgan fingerprint density at radius 1 is 1.29 bits per heavy atom. The predicted molar refractivity (Wildman–Crippen MR) is 101 cm³/mol. The third-order valence-corrected chi connectivity index (χ3v) is 3.71. The Kier molecular flexibility index (Phi) is 7.69. The minimum Gasteiger partial charge on any atom is -0.495 e. The van der Waals surface area contributed by atoms with E-state index in [0.717, 1.165) is 30.7 Å². The van der Waals surface area contributed by atoms with Crippen LogP contribution in [0.2, 0.25) is 0 Å². The molecule has 4 heteroatoms. The van der Waals surface area contributed by atoms with E-state index in [9.17, 15) is 4.79 Å². The number of ether oxygens (including phenoxy) is 1. The smallest absolute Gasteiger partial charge is 0.261 e. The van der Waals surface area contributed by atoms with Crippen molar-refractivity contribution in [1.29, 1.82) is 0 Å². The van der Waals surface area contributed by atoms with Gasteiger partial charge in [-0.25, -0.2) is 4.98 Å². The van der Waals surface area contributed by atoms with Crippen LogP contribution in [0.4, 0.5) is 0 Å². The van der Waals surface area contributed by atoms with Gasteiger partial charge >= 0.3 is 0 Å². The summed E-state index contributed by atoms with van der Waals surface area (Å²) in [6.07, 6.45) is 8.14. The summed E-state index contributed by atoms with van der Waals surface area (Å²) in [6, 6.07) is 0. The molecule has 1 rings (SSSR count). The number of allylic oxidation sites excluding steroid dienone is 5. The van der Waals surface area contributed by atoms with Crippen molar-refractivity contribution >= 4 is 5.70 Å². The van der Waals surface area contributed by atoms with E-state index < -0.39 is 0 Å². The number of rotatable bonds is 8. The normalized spacial score (nSPS) is 12.6. The SMILES string of the molecule is C=C/C(=C\C=C(/CC)OC(C)C)n1c(C)nc(CCC)c(C)c1=O. The molecule has 0 fully saturated rings. The van der Waals surface area contributed by atoms with E-state index in [-0.39, 0.29) is 11.7 Å². The fraction of sp³-hybridized carbons (Fsp3) is 0.500. The van der Waals surface area contributed by atoms with Gasteiger partial charge in [-0.1, -0.05) is 26.8 Å². The fourth-order valence-electron chi connectivity index (χ4n) is 2.51. The third-order valence-electron chi connectivity index (χ3n) is 3.71. The largest absolute Gasteiger partial charge is 0.495 e. The molecule has 0 aliphatic rings. The first-order chi connectivity index (χ1) is 11.3. The number of hydrogen-bond donors (Lipinski definition) is 0. The van der Waals surface area contributed by atoms with E-state index in [1.165, 1.54) is 0 Å². The molecule has 132 valence electrons. The summed E-state index contributed by atoms with van der Waals surface area (Å²) in [5, 5.41) is 0. The van der Waals surface area contributed by atoms with Crippen LogP contribution in [0.5, 0.6) is 0 Å². The highest BCUT2D eigenvalue weighted by atomic mass is 16.5. The highest BCUT2D eigenvalue weighted by molar-refractivity contribution is 5.59. The van der Waals surface area contributed by atoms with Crippen molar-refractivity contribution in [3.63, 3.8) is 0 Å². The first-order valence-electron chi connectivity index (χ1n) is 8.65. The zero-order chi connectivity index (χ0) is 18.3. The molecular formula is C20H30N2O2. The lowest BCUT2D eigenvalue weighted by atomic mass is 10.1. The second-order valence-corrected chi connectivity index (χ2v) is 6.07. The molecule has 0 amide bonds. The van der Waals surface area contributed by atoms with E-state index in [0.29, 0.717) is 17.1 Å². The van der Waals surface area contributed by atoms with Gasteiger partial charge in [0.25, 0.3) is 5.56 Å². The molecule has 1 heterocycles. The van der Waals surface area contributed by atoms with Crippen LogP contribution in [-0.2, 0) is 11.2 Å². The standard InChI is InChI=1S/C20H30N2O2/c1-8-11-19-15(6)20(23)22(16(7)21-19)17(9-2)12-13-18(10-3)24-14(4)5/h9,12-14H,2,8,10-11H2,1,3-7H3/b17-12+,18-13+. The summed E-state index contributed by atoms with van der Waals surface area (Å²) < 4.78 is 7.36. The van der Waals surface area contributed by atoms with Crippen LogP contribution in [0.25, 0.3) is 5.70 Å². The molecule has 1 aromatic heterocycles. The van der Waals surface area contributed by atoms with Gasteiger partial charge in [-0.2, -0.15) is 0 Å². The van der Waals surface area contributed by atoms with Crippen molar-refractivity contribution in [3.8, 4) is 0 Å². The molecule has 0 saturated carbocycles. The van der Waals surface area contributed by atoms with Crippen LogP contribution < -0.4 is 5.56 Å². The maximum atomic E-state index is 12.8. The molecule has 0 bridgehead atoms. The molecule has 0 aliphatic carbocycles. The van der Waals surface area contributed by atoms with E-state index in [2.05, 4.69) is 18.5 Å². The highest BCUT2D eigenvalue weighted by Gasteiger charge is 2.12. The van der Waals surface area contributed by atoms with E-state index in [1.807, 2.05) is 46.8 Å². The predicted octanol–water partition coefficient (Wildman–Crippen LogP) is 4.56. The van der Waals surface area contributed by atoms with Crippen molar-refractivity contribution in [2.45, 2.75) is 66.9 Å². The van der Waals surface area contributed by atoms with Crippen LogP contribution in [0.15, 0.2) is 35.4 Å². The summed E-state index contributed by atoms with van der Waals surface area (Å²) in [6.45, 7) is 15.7. The monoisotopic (exact) mass is 330 g/mol. The maximum Gasteiger partial charge on any atom is 0.261 e. The average molecular weight is 330 g/mol. The Balaban J connectivity index is 3.38. The van der Waals surface area contributed by atoms with Crippen LogP contribution in [-0.4, -0.2) is 15.7 Å². The zero-order valence-electron chi connectivity index (χ0n) is 15.8. The second-order valence-electron chi connectivity index (χ2n) is 6.07. The Bertz CT molecular complexity index is 694. The summed E-state index contributed by atoms with van der Waals surface area (Å²) in [7, 11) is 0. The molecule has 1 aromatic rings. The first-order valence-corrected chi connectivity index (χ1v) is 8.65. The molecule has 0 radical (unpaired) electrons. The van der Waals surface area contributed by atoms with Gasteiger partial charge in [0.15, 0.2) is 0 Å². The maximum absolute atomic E-state index is 12.8. The van der Waals surface area contributed by atoms with E-state index >= 15 is 0 Å². The van der Waals surface area contributed by atoms with Gasteiger partial charge < -0.3 is 4.74 Å². The Morgan fingerprint density at radius 2 is 1.96 bits per heavy atom. The van der Waals surface area contributed by atoms with Crippen molar-refractivity contribution in [1.82, 2.24) is 9.55 Å². The molecule has 0 aliphatic heterocycles. The van der Waals surface area contributed by atoms with Gasteiger partial charge in [0.2, 0.25) is 0 Å². The van der Waals surface area contributed by atoms with Crippen molar-refractivity contribution in [2.75, 3.05) is 0 Å². The first kappa shape index (κ1) is 19.9. The second kappa shape index (κ2) is 9.26. The molecule has 0 N–H and O–H groups in total. The summed E-state index contributed by atoms with van der Waals surface area (Å²) in [4.78, 5) is 17.4. The fourth-order valence-corrected chi connectivity index (χ4v) is 2.51. The van der Waals surface area contributed by atoms with Gasteiger partial charge in [-0.3, -0.25) is 9.36 Å². The molecule has 0 unspecified atom stereocenters. The van der Waals surface area contributed by atoms with E-state index in [4.69, 9.17) is 4.74 Å². The van der Waals surface area contributed by atoms with Crippen LogP contribution >= 0.6 is 0 Å². The number of aryl methyl sites for hydroxylation is 2. The summed E-state index contributed by atoms with van der Waals surface area (Å²) in [5.41, 5.74) is 2.25. The third kappa shape index (κ3) is 4.95. The molecule has 0 spiro atoms. The Hall–Kier alpha value is -2.10. The zero-order valence-corrected chi connectivity index (χ0v) is 15.8. The topological polar surface area (TPSA) is 44.1 Å². The number of hydrogen-bond acceptors (Lipinski definition) is 3. The van der Waals surface area contributed by atoms with Gasteiger partial charge in [-0.05, 0) is 52.3 Å². The van der Waals surface area contributed by atoms with Gasteiger partial charge in [0.05, 0.1) is 17.6 Å². The lowest BCUT2D eigenvalue weighted by molar-refractivity contribution is 0.141. The molecule has 0 saturated heterocycles. The number of nitrogens with zero attached hydrogens (tertiary/aromatic N) is 2. The molecule has 4 nitrogen and oxygen atoms in total.